The Morgan fingerprint density at radius 2 is 1.81 bits per heavy atom. The molecule has 1 aliphatic rings. The molecule has 0 spiro atoms. The van der Waals surface area contributed by atoms with Crippen LogP contribution in [-0.2, 0) is 9.59 Å². The number of rotatable bonds is 4. The van der Waals surface area contributed by atoms with Crippen molar-refractivity contribution in [3.63, 3.8) is 0 Å². The van der Waals surface area contributed by atoms with Crippen LogP contribution in [0.25, 0.3) is 17.4 Å². The molecule has 0 unspecified atom stereocenters. The van der Waals surface area contributed by atoms with E-state index >= 15 is 0 Å². The molecule has 8 nitrogen and oxygen atoms in total. The number of furan rings is 1. The Morgan fingerprint density at radius 1 is 1.03 bits per heavy atom. The summed E-state index contributed by atoms with van der Waals surface area (Å²) in [5, 5.41) is 11.3. The molecular formula is C24H18N2O6. The molecule has 4 amide bonds. The number of benzene rings is 2. The number of carbonyl (C=O) groups excluding carboxylic acids is 3. The number of urea groups is 1. The Morgan fingerprint density at radius 3 is 2.50 bits per heavy atom. The summed E-state index contributed by atoms with van der Waals surface area (Å²) in [5.41, 5.74) is 2.48. The highest BCUT2D eigenvalue weighted by molar-refractivity contribution is 6.39. The molecule has 1 saturated heterocycles. The van der Waals surface area contributed by atoms with E-state index in [9.17, 15) is 19.2 Å². The van der Waals surface area contributed by atoms with Crippen LogP contribution in [0.2, 0.25) is 0 Å². The van der Waals surface area contributed by atoms with Crippen molar-refractivity contribution in [2.45, 2.75) is 13.8 Å². The Balaban J connectivity index is 1.67. The van der Waals surface area contributed by atoms with E-state index in [1.807, 2.05) is 13.0 Å². The Hall–Kier alpha value is -4.46. The summed E-state index contributed by atoms with van der Waals surface area (Å²) in [4.78, 5) is 49.7. The molecular weight excluding hydrogens is 412 g/mol. The molecule has 2 N–H and O–H groups in total. The predicted molar refractivity (Wildman–Crippen MR) is 116 cm³/mol. The van der Waals surface area contributed by atoms with E-state index in [0.717, 1.165) is 10.5 Å². The summed E-state index contributed by atoms with van der Waals surface area (Å²) >= 11 is 0. The van der Waals surface area contributed by atoms with Gasteiger partial charge in [0.1, 0.15) is 17.1 Å². The summed E-state index contributed by atoms with van der Waals surface area (Å²) in [6, 6.07) is 13.9. The van der Waals surface area contributed by atoms with E-state index < -0.39 is 23.8 Å². The first-order chi connectivity index (χ1) is 15.2. The number of hydrogen-bond donors (Lipinski definition) is 2. The Bertz CT molecular complexity index is 1320. The van der Waals surface area contributed by atoms with Gasteiger partial charge < -0.3 is 9.52 Å². The van der Waals surface area contributed by atoms with Gasteiger partial charge in [-0.1, -0.05) is 18.2 Å². The minimum Gasteiger partial charge on any atom is -0.478 e. The largest absolute Gasteiger partial charge is 0.478 e. The smallest absolute Gasteiger partial charge is 0.335 e. The van der Waals surface area contributed by atoms with Gasteiger partial charge in [0.15, 0.2) is 0 Å². The first-order valence-electron chi connectivity index (χ1n) is 9.67. The van der Waals surface area contributed by atoms with Crippen LogP contribution in [0.5, 0.6) is 0 Å². The molecule has 0 aliphatic carbocycles. The Kier molecular flexibility index (Phi) is 5.19. The fourth-order valence-electron chi connectivity index (χ4n) is 3.45. The third-order valence-corrected chi connectivity index (χ3v) is 5.01. The van der Waals surface area contributed by atoms with Gasteiger partial charge in [-0.2, -0.15) is 0 Å². The van der Waals surface area contributed by atoms with Gasteiger partial charge in [0, 0.05) is 5.56 Å². The lowest BCUT2D eigenvalue weighted by Gasteiger charge is -2.26. The minimum absolute atomic E-state index is 0.158. The monoisotopic (exact) mass is 430 g/mol. The van der Waals surface area contributed by atoms with Crippen molar-refractivity contribution in [3.8, 4) is 11.3 Å². The number of imide groups is 2. The molecule has 4 rings (SSSR count). The second kappa shape index (κ2) is 7.99. The second-order valence-electron chi connectivity index (χ2n) is 7.33. The molecule has 2 aromatic carbocycles. The fraction of sp³-hybridized carbons (Fsp3) is 0.0833. The van der Waals surface area contributed by atoms with Crippen LogP contribution in [0.4, 0.5) is 10.5 Å². The number of carbonyl (C=O) groups is 4. The lowest BCUT2D eigenvalue weighted by Crippen LogP contribution is -2.54. The number of nitrogens with zero attached hydrogens (tertiary/aromatic N) is 1. The zero-order valence-corrected chi connectivity index (χ0v) is 17.2. The number of carboxylic acid groups (broad SMARTS) is 1. The highest BCUT2D eigenvalue weighted by Gasteiger charge is 2.37. The topological polar surface area (TPSA) is 117 Å². The summed E-state index contributed by atoms with van der Waals surface area (Å²) in [6.07, 6.45) is 1.28. The number of aryl methyl sites for hydroxylation is 2. The molecule has 2 heterocycles. The van der Waals surface area contributed by atoms with Crippen molar-refractivity contribution < 1.29 is 28.7 Å². The van der Waals surface area contributed by atoms with Crippen LogP contribution in [0.15, 0.2) is 64.6 Å². The minimum atomic E-state index is -1.03. The van der Waals surface area contributed by atoms with Gasteiger partial charge >= 0.3 is 12.0 Å². The van der Waals surface area contributed by atoms with Gasteiger partial charge in [-0.25, -0.2) is 14.5 Å². The average Bonchev–Trinajstić information content (AvgIpc) is 3.19. The third kappa shape index (κ3) is 3.81. The predicted octanol–water partition coefficient (Wildman–Crippen LogP) is 3.93. The maximum atomic E-state index is 13.0. The van der Waals surface area contributed by atoms with Crippen LogP contribution in [0.3, 0.4) is 0 Å². The lowest BCUT2D eigenvalue weighted by atomic mass is 10.0. The van der Waals surface area contributed by atoms with Crippen LogP contribution in [0, 0.1) is 13.8 Å². The molecule has 0 radical (unpaired) electrons. The number of carboxylic acids is 1. The summed E-state index contributed by atoms with van der Waals surface area (Å²) in [5.74, 6) is -1.92. The second-order valence-corrected chi connectivity index (χ2v) is 7.33. The van der Waals surface area contributed by atoms with Crippen LogP contribution in [-0.4, -0.2) is 28.9 Å². The van der Waals surface area contributed by atoms with Crippen LogP contribution in [0.1, 0.15) is 27.2 Å². The van der Waals surface area contributed by atoms with Crippen molar-refractivity contribution in [2.24, 2.45) is 0 Å². The normalized spacial score (nSPS) is 15.2. The van der Waals surface area contributed by atoms with Gasteiger partial charge in [0.05, 0.1) is 11.3 Å². The lowest BCUT2D eigenvalue weighted by molar-refractivity contribution is -0.122. The summed E-state index contributed by atoms with van der Waals surface area (Å²) < 4.78 is 5.78. The number of anilines is 1. The zero-order valence-electron chi connectivity index (χ0n) is 17.2. The summed E-state index contributed by atoms with van der Waals surface area (Å²) in [7, 11) is 0. The van der Waals surface area contributed by atoms with E-state index in [4.69, 9.17) is 9.52 Å². The van der Waals surface area contributed by atoms with E-state index in [1.54, 1.807) is 43.3 Å². The number of nitrogens with one attached hydrogen (secondary N) is 1. The third-order valence-electron chi connectivity index (χ3n) is 5.01. The molecule has 32 heavy (non-hydrogen) atoms. The molecule has 1 aliphatic heterocycles. The van der Waals surface area contributed by atoms with Gasteiger partial charge in [0.2, 0.25) is 0 Å². The number of hydrogen-bond acceptors (Lipinski definition) is 5. The zero-order chi connectivity index (χ0) is 23.0. The molecule has 3 aromatic rings. The molecule has 8 heteroatoms. The maximum Gasteiger partial charge on any atom is 0.335 e. The number of barbiturate groups is 1. The molecule has 0 saturated carbocycles. The summed E-state index contributed by atoms with van der Waals surface area (Å²) in [6.45, 7) is 3.58. The van der Waals surface area contributed by atoms with Crippen molar-refractivity contribution in [1.82, 2.24) is 5.32 Å². The van der Waals surface area contributed by atoms with E-state index in [0.29, 0.717) is 22.6 Å². The van der Waals surface area contributed by atoms with Crippen LogP contribution >= 0.6 is 0 Å². The quantitative estimate of drug-likeness (QED) is 0.479. The average molecular weight is 430 g/mol. The number of amides is 4. The van der Waals surface area contributed by atoms with Crippen LogP contribution < -0.4 is 10.2 Å². The van der Waals surface area contributed by atoms with E-state index in [-0.39, 0.29) is 16.9 Å². The van der Waals surface area contributed by atoms with Gasteiger partial charge in [-0.3, -0.25) is 14.9 Å². The van der Waals surface area contributed by atoms with Crippen molar-refractivity contribution in [1.29, 1.82) is 0 Å². The number of aromatic carboxylic acids is 1. The molecule has 0 bridgehead atoms. The van der Waals surface area contributed by atoms with Gasteiger partial charge in [-0.15, -0.1) is 0 Å². The molecule has 0 atom stereocenters. The van der Waals surface area contributed by atoms with Crippen molar-refractivity contribution in [2.75, 3.05) is 4.90 Å². The Labute approximate surface area is 182 Å². The highest BCUT2D eigenvalue weighted by Crippen LogP contribution is 2.28. The van der Waals surface area contributed by atoms with Gasteiger partial charge in [0.25, 0.3) is 11.8 Å². The maximum absolute atomic E-state index is 13.0. The fourth-order valence-corrected chi connectivity index (χ4v) is 3.45. The molecule has 160 valence electrons. The van der Waals surface area contributed by atoms with Crippen molar-refractivity contribution >= 4 is 35.6 Å². The molecule has 1 fully saturated rings. The van der Waals surface area contributed by atoms with E-state index in [1.165, 1.54) is 18.2 Å². The van der Waals surface area contributed by atoms with Gasteiger partial charge in [-0.05, 0) is 67.4 Å². The van der Waals surface area contributed by atoms with Crippen molar-refractivity contribution in [3.05, 3.63) is 82.6 Å². The van der Waals surface area contributed by atoms with E-state index in [2.05, 4.69) is 5.32 Å². The standard InChI is InChI=1S/C24H18N2O6/c1-13-4-3-5-16(10-13)26-22(28)19(21(27)25-24(26)31)12-17-7-9-20(32-17)18-8-6-15(23(29)30)11-14(18)2/h3-12H,1-2H3,(H,29,30)(H,25,27,31)/b19-12+. The first kappa shape index (κ1) is 20.8. The first-order valence-corrected chi connectivity index (χ1v) is 9.67. The molecule has 1 aromatic heterocycles. The highest BCUT2D eigenvalue weighted by atomic mass is 16.4. The SMILES string of the molecule is Cc1cccc(N2C(=O)NC(=O)/C(=C\c3ccc(-c4ccc(C(=O)O)cc4C)o3)C2=O)c1.